The van der Waals surface area contributed by atoms with Gasteiger partial charge in [-0.3, -0.25) is 4.79 Å². The smallest absolute Gasteiger partial charge is 0.232 e. The Labute approximate surface area is 173 Å². The second-order valence-electron chi connectivity index (χ2n) is 6.80. The molecule has 144 valence electrons. The minimum Gasteiger partial charge on any atom is -0.342 e. The first-order valence-electron chi connectivity index (χ1n) is 9.12. The molecule has 1 fully saturated rings. The minimum absolute atomic E-state index is 0.0514. The second-order valence-corrected chi connectivity index (χ2v) is 8.12. The van der Waals surface area contributed by atoms with Crippen LogP contribution in [0, 0.1) is 0 Å². The lowest BCUT2D eigenvalue weighted by Crippen LogP contribution is -2.27. The summed E-state index contributed by atoms with van der Waals surface area (Å²) in [5, 5.41) is 4.82. The van der Waals surface area contributed by atoms with Crippen molar-refractivity contribution in [1.29, 1.82) is 0 Å². The van der Waals surface area contributed by atoms with Crippen molar-refractivity contribution in [3.63, 3.8) is 0 Å². The van der Waals surface area contributed by atoms with Crippen LogP contribution in [-0.2, 0) is 11.2 Å². The van der Waals surface area contributed by atoms with E-state index in [4.69, 9.17) is 16.1 Å². The molecule has 1 aliphatic rings. The van der Waals surface area contributed by atoms with Gasteiger partial charge in [0.2, 0.25) is 17.6 Å². The van der Waals surface area contributed by atoms with E-state index in [0.29, 0.717) is 31.2 Å². The van der Waals surface area contributed by atoms with Crippen LogP contribution in [0.5, 0.6) is 0 Å². The maximum Gasteiger partial charge on any atom is 0.232 e. The van der Waals surface area contributed by atoms with E-state index in [1.54, 1.807) is 11.8 Å². The second kappa shape index (κ2) is 8.37. The Morgan fingerprint density at radius 3 is 2.64 bits per heavy atom. The zero-order valence-electron chi connectivity index (χ0n) is 15.5. The number of halogens is 1. The molecule has 1 amide bonds. The lowest BCUT2D eigenvalue weighted by molar-refractivity contribution is -0.127. The third-order valence-corrected chi connectivity index (χ3v) is 5.93. The van der Waals surface area contributed by atoms with Crippen LogP contribution in [-0.4, -0.2) is 40.3 Å². The van der Waals surface area contributed by atoms with E-state index >= 15 is 0 Å². The van der Waals surface area contributed by atoms with Crippen molar-refractivity contribution in [3.05, 3.63) is 65.0 Å². The normalized spacial score (nSPS) is 16.7. The van der Waals surface area contributed by atoms with Gasteiger partial charge in [0.05, 0.1) is 5.92 Å². The van der Waals surface area contributed by atoms with Gasteiger partial charge in [-0.05, 0) is 54.6 Å². The van der Waals surface area contributed by atoms with Crippen molar-refractivity contribution in [2.24, 2.45) is 0 Å². The average Bonchev–Trinajstić information content (AvgIpc) is 3.35. The Morgan fingerprint density at radius 1 is 1.18 bits per heavy atom. The summed E-state index contributed by atoms with van der Waals surface area (Å²) in [6.07, 6.45) is 3.25. The van der Waals surface area contributed by atoms with Crippen LogP contribution in [0.3, 0.4) is 0 Å². The molecule has 0 radical (unpaired) electrons. The number of carbonyl (C=O) groups excluding carboxylic acids is 1. The summed E-state index contributed by atoms with van der Waals surface area (Å²) < 4.78 is 5.47. The third-order valence-electron chi connectivity index (χ3n) is 4.94. The van der Waals surface area contributed by atoms with Crippen molar-refractivity contribution in [2.75, 3.05) is 19.3 Å². The van der Waals surface area contributed by atoms with Crippen LogP contribution in [0.25, 0.3) is 11.4 Å². The van der Waals surface area contributed by atoms with Gasteiger partial charge in [-0.15, -0.1) is 11.8 Å². The van der Waals surface area contributed by atoms with Gasteiger partial charge in [0, 0.05) is 35.0 Å². The SMILES string of the molecule is CSc1ccc(-c2noc(C3CC(=O)N(CCc4ccc(Cl)cc4)C3)n2)cc1. The van der Waals surface area contributed by atoms with Gasteiger partial charge in [0.15, 0.2) is 0 Å². The molecule has 3 aromatic rings. The fourth-order valence-electron chi connectivity index (χ4n) is 3.33. The number of benzene rings is 2. The molecule has 1 unspecified atom stereocenters. The predicted octanol–water partition coefficient (Wildman–Crippen LogP) is 4.67. The lowest BCUT2D eigenvalue weighted by Gasteiger charge is -2.15. The number of amides is 1. The summed E-state index contributed by atoms with van der Waals surface area (Å²) >= 11 is 7.61. The molecule has 4 rings (SSSR count). The fraction of sp³-hybridized carbons (Fsp3) is 0.286. The van der Waals surface area contributed by atoms with E-state index in [2.05, 4.69) is 10.1 Å². The van der Waals surface area contributed by atoms with Gasteiger partial charge in [-0.1, -0.05) is 28.9 Å². The molecule has 1 aliphatic heterocycles. The van der Waals surface area contributed by atoms with Crippen LogP contribution >= 0.6 is 23.4 Å². The molecule has 0 N–H and O–H groups in total. The topological polar surface area (TPSA) is 59.2 Å². The largest absolute Gasteiger partial charge is 0.342 e. The van der Waals surface area contributed by atoms with Crippen LogP contribution < -0.4 is 0 Å². The Hall–Kier alpha value is -2.31. The lowest BCUT2D eigenvalue weighted by atomic mass is 10.1. The summed E-state index contributed by atoms with van der Waals surface area (Å²) in [5.74, 6) is 1.17. The molecular formula is C21H20ClN3O2S. The summed E-state index contributed by atoms with van der Waals surface area (Å²) in [4.78, 5) is 20.0. The molecule has 1 aromatic heterocycles. The molecule has 0 saturated carbocycles. The van der Waals surface area contributed by atoms with Crippen LogP contribution in [0.15, 0.2) is 57.9 Å². The third kappa shape index (κ3) is 4.23. The van der Waals surface area contributed by atoms with Gasteiger partial charge < -0.3 is 9.42 Å². The van der Waals surface area contributed by atoms with Crippen molar-refractivity contribution in [1.82, 2.24) is 15.0 Å². The zero-order chi connectivity index (χ0) is 19.5. The van der Waals surface area contributed by atoms with Gasteiger partial charge in [-0.25, -0.2) is 0 Å². The number of carbonyl (C=O) groups is 1. The van der Waals surface area contributed by atoms with Crippen molar-refractivity contribution < 1.29 is 9.32 Å². The molecule has 1 saturated heterocycles. The Morgan fingerprint density at radius 2 is 1.93 bits per heavy atom. The molecule has 28 heavy (non-hydrogen) atoms. The summed E-state index contributed by atoms with van der Waals surface area (Å²) in [5.41, 5.74) is 2.08. The highest BCUT2D eigenvalue weighted by Crippen LogP contribution is 2.29. The van der Waals surface area contributed by atoms with Crippen molar-refractivity contribution in [2.45, 2.75) is 23.7 Å². The van der Waals surface area contributed by atoms with Gasteiger partial charge >= 0.3 is 0 Å². The number of aromatic nitrogens is 2. The zero-order valence-corrected chi connectivity index (χ0v) is 17.0. The highest BCUT2D eigenvalue weighted by Gasteiger charge is 2.34. The monoisotopic (exact) mass is 413 g/mol. The predicted molar refractivity (Wildman–Crippen MR) is 111 cm³/mol. The van der Waals surface area contributed by atoms with Crippen molar-refractivity contribution in [3.8, 4) is 11.4 Å². The molecule has 1 atom stereocenters. The highest BCUT2D eigenvalue weighted by atomic mass is 35.5. The number of likely N-dealkylation sites (tertiary alicyclic amines) is 1. The number of thioether (sulfide) groups is 1. The molecular weight excluding hydrogens is 394 g/mol. The summed E-state index contributed by atoms with van der Waals surface area (Å²) in [7, 11) is 0. The Bertz CT molecular complexity index is 957. The van der Waals surface area contributed by atoms with E-state index < -0.39 is 0 Å². The van der Waals surface area contributed by atoms with E-state index in [1.165, 1.54) is 4.90 Å². The first-order chi connectivity index (χ1) is 13.6. The van der Waals surface area contributed by atoms with Crippen LogP contribution in [0.4, 0.5) is 0 Å². The fourth-order valence-corrected chi connectivity index (χ4v) is 3.86. The Balaban J connectivity index is 1.39. The molecule has 2 heterocycles. The van der Waals surface area contributed by atoms with Gasteiger partial charge in [-0.2, -0.15) is 4.98 Å². The average molecular weight is 414 g/mol. The van der Waals surface area contributed by atoms with Crippen molar-refractivity contribution >= 4 is 29.3 Å². The van der Waals surface area contributed by atoms with E-state index in [-0.39, 0.29) is 11.8 Å². The number of rotatable bonds is 6. The van der Waals surface area contributed by atoms with Gasteiger partial charge in [0.25, 0.3) is 0 Å². The summed E-state index contributed by atoms with van der Waals surface area (Å²) in [6.45, 7) is 1.29. The Kier molecular flexibility index (Phi) is 5.69. The number of nitrogens with zero attached hydrogens (tertiary/aromatic N) is 3. The molecule has 5 nitrogen and oxygen atoms in total. The van der Waals surface area contributed by atoms with E-state index in [0.717, 1.165) is 22.6 Å². The van der Waals surface area contributed by atoms with Crippen LogP contribution in [0.2, 0.25) is 5.02 Å². The first-order valence-corrected chi connectivity index (χ1v) is 10.7. The number of hydrogen-bond donors (Lipinski definition) is 0. The first kappa shape index (κ1) is 19.0. The molecule has 0 aliphatic carbocycles. The van der Waals surface area contributed by atoms with Gasteiger partial charge in [0.1, 0.15) is 0 Å². The standard InChI is InChI=1S/C21H20ClN3O2S/c1-28-18-8-4-15(5-9-18)20-23-21(27-24-20)16-12-19(26)25(13-16)11-10-14-2-6-17(22)7-3-14/h2-9,16H,10-13H2,1H3. The van der Waals surface area contributed by atoms with E-state index in [1.807, 2.05) is 59.7 Å². The quantitative estimate of drug-likeness (QED) is 0.549. The summed E-state index contributed by atoms with van der Waals surface area (Å²) in [6, 6.07) is 15.8. The maximum atomic E-state index is 12.4. The van der Waals surface area contributed by atoms with E-state index in [9.17, 15) is 4.79 Å². The molecule has 7 heteroatoms. The molecule has 0 bridgehead atoms. The maximum absolute atomic E-state index is 12.4. The molecule has 0 spiro atoms. The molecule has 2 aromatic carbocycles. The highest BCUT2D eigenvalue weighted by molar-refractivity contribution is 7.98. The van der Waals surface area contributed by atoms with Crippen LogP contribution in [0.1, 0.15) is 23.8 Å². The minimum atomic E-state index is -0.0514. The number of hydrogen-bond acceptors (Lipinski definition) is 5.